The standard InChI is InChI=1S/C25H25FN2O2/c1-30-24-10-3-2-7-21(24)23-9-4-8-22(27-23)19-6-5-15-28(17-19)25(29)16-18-11-13-20(26)14-12-18/h2-4,7-14,19H,5-6,15-17H2,1H3. The predicted octanol–water partition coefficient (Wildman–Crippen LogP) is 4.85. The molecule has 2 heterocycles. The number of piperidine rings is 1. The molecule has 1 unspecified atom stereocenters. The van der Waals surface area contributed by atoms with Gasteiger partial charge in [0.2, 0.25) is 5.91 Å². The van der Waals surface area contributed by atoms with E-state index in [1.54, 1.807) is 19.2 Å². The van der Waals surface area contributed by atoms with E-state index in [-0.39, 0.29) is 17.6 Å². The first-order valence-corrected chi connectivity index (χ1v) is 10.3. The van der Waals surface area contributed by atoms with E-state index < -0.39 is 0 Å². The van der Waals surface area contributed by atoms with Crippen LogP contribution in [0.25, 0.3) is 11.3 Å². The molecular formula is C25H25FN2O2. The van der Waals surface area contributed by atoms with Crippen LogP contribution >= 0.6 is 0 Å². The fraction of sp³-hybridized carbons (Fsp3) is 0.280. The summed E-state index contributed by atoms with van der Waals surface area (Å²) < 4.78 is 18.6. The zero-order valence-corrected chi connectivity index (χ0v) is 17.1. The molecule has 3 aromatic rings. The maximum absolute atomic E-state index is 13.1. The third-order valence-corrected chi connectivity index (χ3v) is 5.61. The van der Waals surface area contributed by atoms with Gasteiger partial charge in [-0.25, -0.2) is 4.39 Å². The lowest BCUT2D eigenvalue weighted by Gasteiger charge is -2.33. The molecule has 0 radical (unpaired) electrons. The molecule has 1 aromatic heterocycles. The van der Waals surface area contributed by atoms with Crippen molar-refractivity contribution in [1.82, 2.24) is 9.88 Å². The van der Waals surface area contributed by atoms with Gasteiger partial charge in [0.15, 0.2) is 0 Å². The van der Waals surface area contributed by atoms with Crippen molar-refractivity contribution >= 4 is 5.91 Å². The summed E-state index contributed by atoms with van der Waals surface area (Å²) in [5.41, 5.74) is 3.67. The molecule has 5 heteroatoms. The molecule has 0 spiro atoms. The minimum absolute atomic E-state index is 0.0761. The Kier molecular flexibility index (Phi) is 6.07. The number of halogens is 1. The van der Waals surface area contributed by atoms with Crippen molar-refractivity contribution in [3.05, 3.63) is 83.8 Å². The number of para-hydroxylation sites is 1. The average molecular weight is 404 g/mol. The summed E-state index contributed by atoms with van der Waals surface area (Å²) in [7, 11) is 1.66. The number of pyridine rings is 1. The summed E-state index contributed by atoms with van der Waals surface area (Å²) in [6.45, 7) is 1.41. The van der Waals surface area contributed by atoms with Gasteiger partial charge in [-0.05, 0) is 54.8 Å². The van der Waals surface area contributed by atoms with E-state index in [4.69, 9.17) is 9.72 Å². The quantitative estimate of drug-likeness (QED) is 0.611. The molecule has 1 amide bonds. The summed E-state index contributed by atoms with van der Waals surface area (Å²) >= 11 is 0. The summed E-state index contributed by atoms with van der Waals surface area (Å²) in [6.07, 6.45) is 2.24. The highest BCUT2D eigenvalue weighted by molar-refractivity contribution is 5.79. The van der Waals surface area contributed by atoms with Gasteiger partial charge in [0.25, 0.3) is 0 Å². The van der Waals surface area contributed by atoms with Gasteiger partial charge in [-0.2, -0.15) is 0 Å². The molecule has 0 saturated carbocycles. The van der Waals surface area contributed by atoms with Crippen LogP contribution in [0, 0.1) is 5.82 Å². The minimum Gasteiger partial charge on any atom is -0.496 e. The smallest absolute Gasteiger partial charge is 0.227 e. The van der Waals surface area contributed by atoms with Gasteiger partial charge in [-0.15, -0.1) is 0 Å². The Morgan fingerprint density at radius 1 is 1.10 bits per heavy atom. The highest BCUT2D eigenvalue weighted by Crippen LogP contribution is 2.31. The number of carbonyl (C=O) groups is 1. The largest absolute Gasteiger partial charge is 0.496 e. The van der Waals surface area contributed by atoms with Crippen LogP contribution in [-0.2, 0) is 11.2 Å². The lowest BCUT2D eigenvalue weighted by atomic mass is 9.93. The third-order valence-electron chi connectivity index (χ3n) is 5.61. The molecule has 1 atom stereocenters. The Balaban J connectivity index is 1.49. The van der Waals surface area contributed by atoms with Crippen LogP contribution < -0.4 is 4.74 Å². The average Bonchev–Trinajstić information content (AvgIpc) is 2.80. The van der Waals surface area contributed by atoms with Crippen LogP contribution in [0.3, 0.4) is 0 Å². The highest BCUT2D eigenvalue weighted by Gasteiger charge is 2.26. The van der Waals surface area contributed by atoms with Crippen molar-refractivity contribution in [2.45, 2.75) is 25.2 Å². The number of ether oxygens (including phenoxy) is 1. The maximum Gasteiger partial charge on any atom is 0.227 e. The van der Waals surface area contributed by atoms with Crippen LogP contribution in [0.4, 0.5) is 4.39 Å². The molecule has 154 valence electrons. The van der Waals surface area contributed by atoms with Crippen LogP contribution in [0.5, 0.6) is 5.75 Å². The van der Waals surface area contributed by atoms with Crippen molar-refractivity contribution in [1.29, 1.82) is 0 Å². The monoisotopic (exact) mass is 404 g/mol. The van der Waals surface area contributed by atoms with Crippen LogP contribution in [-0.4, -0.2) is 36.0 Å². The lowest BCUT2D eigenvalue weighted by Crippen LogP contribution is -2.40. The zero-order chi connectivity index (χ0) is 20.9. The second kappa shape index (κ2) is 9.08. The Bertz CT molecular complexity index is 1020. The van der Waals surface area contributed by atoms with E-state index >= 15 is 0 Å². The Hall–Kier alpha value is -3.21. The number of carbonyl (C=O) groups excluding carboxylic acids is 1. The van der Waals surface area contributed by atoms with E-state index in [9.17, 15) is 9.18 Å². The number of aromatic nitrogens is 1. The topological polar surface area (TPSA) is 42.4 Å². The van der Waals surface area contributed by atoms with Crippen molar-refractivity contribution < 1.29 is 13.9 Å². The zero-order valence-electron chi connectivity index (χ0n) is 17.1. The molecular weight excluding hydrogens is 379 g/mol. The van der Waals surface area contributed by atoms with E-state index in [2.05, 4.69) is 0 Å². The van der Waals surface area contributed by atoms with Crippen LogP contribution in [0.2, 0.25) is 0 Å². The maximum atomic E-state index is 13.1. The molecule has 1 aliphatic rings. The fourth-order valence-corrected chi connectivity index (χ4v) is 4.02. The second-order valence-corrected chi connectivity index (χ2v) is 7.63. The normalized spacial score (nSPS) is 16.3. The number of likely N-dealkylation sites (tertiary alicyclic amines) is 1. The van der Waals surface area contributed by atoms with Gasteiger partial charge in [-0.1, -0.05) is 30.3 Å². The predicted molar refractivity (Wildman–Crippen MR) is 115 cm³/mol. The molecule has 0 bridgehead atoms. The lowest BCUT2D eigenvalue weighted by molar-refractivity contribution is -0.131. The van der Waals surface area contributed by atoms with E-state index in [0.29, 0.717) is 13.0 Å². The van der Waals surface area contributed by atoms with Crippen LogP contribution in [0.1, 0.15) is 30.0 Å². The molecule has 1 saturated heterocycles. The Morgan fingerprint density at radius 2 is 1.90 bits per heavy atom. The van der Waals surface area contributed by atoms with Crippen molar-refractivity contribution in [3.63, 3.8) is 0 Å². The molecule has 4 rings (SSSR count). The van der Waals surface area contributed by atoms with E-state index in [1.807, 2.05) is 47.4 Å². The highest BCUT2D eigenvalue weighted by atomic mass is 19.1. The number of hydrogen-bond acceptors (Lipinski definition) is 3. The van der Waals surface area contributed by atoms with Gasteiger partial charge in [-0.3, -0.25) is 9.78 Å². The molecule has 1 fully saturated rings. The summed E-state index contributed by atoms with van der Waals surface area (Å²) in [6, 6.07) is 20.0. The third kappa shape index (κ3) is 4.51. The van der Waals surface area contributed by atoms with Crippen molar-refractivity contribution in [2.24, 2.45) is 0 Å². The number of benzene rings is 2. The number of hydrogen-bond donors (Lipinski definition) is 0. The molecule has 2 aromatic carbocycles. The molecule has 1 aliphatic heterocycles. The molecule has 0 aliphatic carbocycles. The number of methoxy groups -OCH3 is 1. The van der Waals surface area contributed by atoms with Crippen LogP contribution in [0.15, 0.2) is 66.7 Å². The SMILES string of the molecule is COc1ccccc1-c1cccc(C2CCCN(C(=O)Cc3ccc(F)cc3)C2)n1. The van der Waals surface area contributed by atoms with Crippen molar-refractivity contribution in [3.8, 4) is 17.0 Å². The summed E-state index contributed by atoms with van der Waals surface area (Å²) in [4.78, 5) is 19.6. The molecule has 30 heavy (non-hydrogen) atoms. The van der Waals surface area contributed by atoms with Gasteiger partial charge >= 0.3 is 0 Å². The fourth-order valence-electron chi connectivity index (χ4n) is 4.02. The van der Waals surface area contributed by atoms with Gasteiger partial charge < -0.3 is 9.64 Å². The number of rotatable bonds is 5. The first-order valence-electron chi connectivity index (χ1n) is 10.3. The van der Waals surface area contributed by atoms with Gasteiger partial charge in [0.05, 0.1) is 19.2 Å². The first kappa shape index (κ1) is 20.1. The Labute approximate surface area is 176 Å². The number of nitrogens with zero attached hydrogens (tertiary/aromatic N) is 2. The molecule has 4 nitrogen and oxygen atoms in total. The number of amides is 1. The van der Waals surface area contributed by atoms with Crippen molar-refractivity contribution in [2.75, 3.05) is 20.2 Å². The summed E-state index contributed by atoms with van der Waals surface area (Å²) in [5, 5.41) is 0. The summed E-state index contributed by atoms with van der Waals surface area (Å²) in [5.74, 6) is 0.782. The van der Waals surface area contributed by atoms with E-state index in [1.165, 1.54) is 12.1 Å². The second-order valence-electron chi connectivity index (χ2n) is 7.63. The molecule has 0 N–H and O–H groups in total. The van der Waals surface area contributed by atoms with Gasteiger partial charge in [0, 0.05) is 30.3 Å². The minimum atomic E-state index is -0.287. The van der Waals surface area contributed by atoms with E-state index in [0.717, 1.165) is 47.7 Å². The first-order chi connectivity index (χ1) is 14.6. The Morgan fingerprint density at radius 3 is 2.70 bits per heavy atom. The van der Waals surface area contributed by atoms with Gasteiger partial charge in [0.1, 0.15) is 11.6 Å².